The molecular formula is C9H22N2. The average molecular weight is 158 g/mol. The van der Waals surface area contributed by atoms with Gasteiger partial charge < -0.3 is 0 Å². The molecular weight excluding hydrogens is 136 g/mol. The predicted molar refractivity (Wildman–Crippen MR) is 50.0 cm³/mol. The van der Waals surface area contributed by atoms with Gasteiger partial charge in [0.2, 0.25) is 0 Å². The van der Waals surface area contributed by atoms with Crippen LogP contribution in [0.25, 0.3) is 0 Å². The Balaban J connectivity index is 3.44. The lowest BCUT2D eigenvalue weighted by Gasteiger charge is -2.22. The Labute approximate surface area is 70.5 Å². The highest BCUT2D eigenvalue weighted by Gasteiger charge is 2.14. The summed E-state index contributed by atoms with van der Waals surface area (Å²) >= 11 is 0. The third-order valence-corrected chi connectivity index (χ3v) is 1.74. The Morgan fingerprint density at radius 1 is 1.36 bits per heavy atom. The Morgan fingerprint density at radius 2 is 1.91 bits per heavy atom. The highest BCUT2D eigenvalue weighted by atomic mass is 15.2. The van der Waals surface area contributed by atoms with E-state index in [0.717, 1.165) is 12.5 Å². The molecule has 0 saturated heterocycles. The lowest BCUT2D eigenvalue weighted by atomic mass is 9.84. The van der Waals surface area contributed by atoms with Crippen molar-refractivity contribution in [3.63, 3.8) is 0 Å². The van der Waals surface area contributed by atoms with Crippen molar-refractivity contribution >= 4 is 0 Å². The van der Waals surface area contributed by atoms with E-state index in [-0.39, 0.29) is 0 Å². The monoisotopic (exact) mass is 158 g/mol. The van der Waals surface area contributed by atoms with Crippen LogP contribution in [0.15, 0.2) is 0 Å². The molecule has 0 amide bonds. The van der Waals surface area contributed by atoms with Gasteiger partial charge in [-0.05, 0) is 24.2 Å². The van der Waals surface area contributed by atoms with Crippen LogP contribution < -0.4 is 11.3 Å². The van der Waals surface area contributed by atoms with Crippen molar-refractivity contribution in [3.05, 3.63) is 0 Å². The smallest absolute Gasteiger partial charge is 0.00999 e. The fraction of sp³-hybridized carbons (Fsp3) is 1.00. The second-order valence-corrected chi connectivity index (χ2v) is 4.61. The predicted octanol–water partition coefficient (Wildman–Crippen LogP) is 1.91. The fourth-order valence-corrected chi connectivity index (χ4v) is 1.48. The van der Waals surface area contributed by atoms with E-state index in [2.05, 4.69) is 33.1 Å². The zero-order valence-electron chi connectivity index (χ0n) is 8.28. The van der Waals surface area contributed by atoms with Crippen molar-refractivity contribution in [2.45, 2.75) is 40.5 Å². The van der Waals surface area contributed by atoms with Crippen LogP contribution in [0.4, 0.5) is 0 Å². The first kappa shape index (κ1) is 10.9. The van der Waals surface area contributed by atoms with Gasteiger partial charge in [-0.2, -0.15) is 0 Å². The number of hydrogen-bond donors (Lipinski definition) is 2. The summed E-state index contributed by atoms with van der Waals surface area (Å²) in [6, 6.07) is 0. The molecule has 2 nitrogen and oxygen atoms in total. The first-order chi connectivity index (χ1) is 4.95. The van der Waals surface area contributed by atoms with E-state index in [1.54, 1.807) is 0 Å². The summed E-state index contributed by atoms with van der Waals surface area (Å²) in [6.07, 6.45) is 2.45. The highest BCUT2D eigenvalue weighted by Crippen LogP contribution is 2.25. The van der Waals surface area contributed by atoms with Gasteiger partial charge in [0.05, 0.1) is 0 Å². The van der Waals surface area contributed by atoms with Gasteiger partial charge in [0.1, 0.15) is 0 Å². The van der Waals surface area contributed by atoms with Crippen molar-refractivity contribution in [3.8, 4) is 0 Å². The van der Waals surface area contributed by atoms with Gasteiger partial charge in [-0.3, -0.25) is 11.3 Å². The highest BCUT2D eigenvalue weighted by molar-refractivity contribution is 4.66. The molecule has 11 heavy (non-hydrogen) atoms. The zero-order valence-corrected chi connectivity index (χ0v) is 8.28. The van der Waals surface area contributed by atoms with E-state index >= 15 is 0 Å². The summed E-state index contributed by atoms with van der Waals surface area (Å²) in [4.78, 5) is 0. The van der Waals surface area contributed by atoms with Gasteiger partial charge in [-0.15, -0.1) is 0 Å². The Morgan fingerprint density at radius 3 is 2.27 bits per heavy atom. The summed E-state index contributed by atoms with van der Waals surface area (Å²) in [5.41, 5.74) is 3.14. The van der Waals surface area contributed by atoms with Gasteiger partial charge in [0.25, 0.3) is 0 Å². The number of rotatable bonds is 4. The maximum absolute atomic E-state index is 5.19. The third-order valence-electron chi connectivity index (χ3n) is 1.74. The summed E-state index contributed by atoms with van der Waals surface area (Å²) < 4.78 is 0. The number of nitrogens with one attached hydrogen (secondary N) is 1. The van der Waals surface area contributed by atoms with Crippen LogP contribution in [0.5, 0.6) is 0 Å². The van der Waals surface area contributed by atoms with Gasteiger partial charge in [-0.1, -0.05) is 27.7 Å². The first-order valence-corrected chi connectivity index (χ1v) is 4.39. The van der Waals surface area contributed by atoms with Crippen molar-refractivity contribution in [1.29, 1.82) is 0 Å². The fourth-order valence-electron chi connectivity index (χ4n) is 1.48. The molecule has 1 atom stereocenters. The van der Waals surface area contributed by atoms with Gasteiger partial charge in [0.15, 0.2) is 0 Å². The minimum Gasteiger partial charge on any atom is -0.271 e. The first-order valence-electron chi connectivity index (χ1n) is 4.39. The van der Waals surface area contributed by atoms with Crippen LogP contribution in [0.1, 0.15) is 40.5 Å². The molecule has 0 rings (SSSR count). The molecule has 0 heterocycles. The molecule has 0 aliphatic rings. The van der Waals surface area contributed by atoms with E-state index in [9.17, 15) is 0 Å². The number of hydrogen-bond acceptors (Lipinski definition) is 2. The third kappa shape index (κ3) is 7.82. The number of hydrazine groups is 1. The average Bonchev–Trinajstić information content (AvgIpc) is 1.79. The zero-order chi connectivity index (χ0) is 8.91. The lowest BCUT2D eigenvalue weighted by molar-refractivity contribution is 0.295. The Bertz CT molecular complexity index is 94.2. The molecule has 0 bridgehead atoms. The summed E-state index contributed by atoms with van der Waals surface area (Å²) in [6.45, 7) is 10.0. The quantitative estimate of drug-likeness (QED) is 0.484. The molecule has 0 radical (unpaired) electrons. The van der Waals surface area contributed by atoms with E-state index in [4.69, 9.17) is 5.84 Å². The molecule has 0 saturated carbocycles. The SMILES string of the molecule is C[C@@H](CCNN)CC(C)(C)C. The van der Waals surface area contributed by atoms with Crippen molar-refractivity contribution < 1.29 is 0 Å². The van der Waals surface area contributed by atoms with Crippen molar-refractivity contribution in [1.82, 2.24) is 5.43 Å². The second-order valence-electron chi connectivity index (χ2n) is 4.61. The van der Waals surface area contributed by atoms with Crippen LogP contribution in [-0.4, -0.2) is 6.54 Å². The summed E-state index contributed by atoms with van der Waals surface area (Å²) in [5, 5.41) is 0. The molecule has 0 spiro atoms. The maximum Gasteiger partial charge on any atom is 0.00999 e. The summed E-state index contributed by atoms with van der Waals surface area (Å²) in [5.74, 6) is 5.96. The molecule has 68 valence electrons. The van der Waals surface area contributed by atoms with Gasteiger partial charge in [-0.25, -0.2) is 0 Å². The Kier molecular flexibility index (Phi) is 4.69. The molecule has 0 aromatic carbocycles. The van der Waals surface area contributed by atoms with Crippen molar-refractivity contribution in [2.75, 3.05) is 6.54 Å². The van der Waals surface area contributed by atoms with Gasteiger partial charge in [0, 0.05) is 6.54 Å². The second kappa shape index (κ2) is 4.73. The normalized spacial score (nSPS) is 15.0. The maximum atomic E-state index is 5.19. The minimum absolute atomic E-state index is 0.452. The largest absolute Gasteiger partial charge is 0.271 e. The molecule has 0 unspecified atom stereocenters. The van der Waals surface area contributed by atoms with Crippen LogP contribution >= 0.6 is 0 Å². The molecule has 2 heteroatoms. The molecule has 0 fully saturated rings. The van der Waals surface area contributed by atoms with Crippen LogP contribution in [0.2, 0.25) is 0 Å². The standard InChI is InChI=1S/C9H22N2/c1-8(5-6-11-10)7-9(2,3)4/h8,11H,5-7,10H2,1-4H3/t8-/m0/s1. The van der Waals surface area contributed by atoms with E-state index in [1.165, 1.54) is 12.8 Å². The molecule has 0 aromatic rings. The molecule has 0 aliphatic carbocycles. The van der Waals surface area contributed by atoms with E-state index < -0.39 is 0 Å². The van der Waals surface area contributed by atoms with Crippen LogP contribution in [-0.2, 0) is 0 Å². The lowest BCUT2D eigenvalue weighted by Crippen LogP contribution is -2.25. The van der Waals surface area contributed by atoms with Crippen LogP contribution in [0.3, 0.4) is 0 Å². The molecule has 0 aliphatic heterocycles. The van der Waals surface area contributed by atoms with Gasteiger partial charge >= 0.3 is 0 Å². The van der Waals surface area contributed by atoms with E-state index in [0.29, 0.717) is 5.41 Å². The van der Waals surface area contributed by atoms with Crippen LogP contribution in [0, 0.1) is 11.3 Å². The topological polar surface area (TPSA) is 38.0 Å². The molecule has 0 aromatic heterocycles. The Hall–Kier alpha value is -0.0800. The van der Waals surface area contributed by atoms with E-state index in [1.807, 2.05) is 0 Å². The summed E-state index contributed by atoms with van der Waals surface area (Å²) in [7, 11) is 0. The minimum atomic E-state index is 0.452. The number of nitrogens with two attached hydrogens (primary N) is 1. The van der Waals surface area contributed by atoms with Crippen molar-refractivity contribution in [2.24, 2.45) is 17.2 Å². The molecule has 3 N–H and O–H groups in total.